The molecular weight excluding hydrogens is 333 g/mol. The van der Waals surface area contributed by atoms with Gasteiger partial charge in [-0.05, 0) is 31.0 Å². The van der Waals surface area contributed by atoms with Crippen LogP contribution in [-0.4, -0.2) is 23.5 Å². The summed E-state index contributed by atoms with van der Waals surface area (Å²) in [5.74, 6) is -1.62. The summed E-state index contributed by atoms with van der Waals surface area (Å²) in [6.45, 7) is 3.70. The average molecular weight is 351 g/mol. The molecule has 24 heavy (non-hydrogen) atoms. The van der Waals surface area contributed by atoms with Gasteiger partial charge >= 0.3 is 11.9 Å². The summed E-state index contributed by atoms with van der Waals surface area (Å²) >= 11 is 1.14. The number of esters is 2. The first-order chi connectivity index (χ1) is 11.5. The third-order valence-corrected chi connectivity index (χ3v) is 4.07. The molecular formula is C17H18FNO4S. The molecule has 1 aromatic carbocycles. The number of halogens is 1. The van der Waals surface area contributed by atoms with Crippen molar-refractivity contribution < 1.29 is 23.5 Å². The molecule has 1 atom stereocenters. The Morgan fingerprint density at radius 3 is 2.83 bits per heavy atom. The summed E-state index contributed by atoms with van der Waals surface area (Å²) < 4.78 is 23.2. The largest absolute Gasteiger partial charge is 0.461 e. The molecule has 0 aliphatic carbocycles. The summed E-state index contributed by atoms with van der Waals surface area (Å²) in [7, 11) is 0. The Balaban J connectivity index is 1.85. The second kappa shape index (κ2) is 8.54. The van der Waals surface area contributed by atoms with Crippen LogP contribution in [0.4, 0.5) is 4.39 Å². The van der Waals surface area contributed by atoms with Gasteiger partial charge in [-0.3, -0.25) is 4.79 Å². The average Bonchev–Trinajstić information content (AvgIpc) is 3.02. The molecule has 2 rings (SSSR count). The Bertz CT molecular complexity index is 716. The van der Waals surface area contributed by atoms with E-state index in [1.807, 2.05) is 0 Å². The van der Waals surface area contributed by atoms with Crippen LogP contribution in [0.3, 0.4) is 0 Å². The van der Waals surface area contributed by atoms with Crippen LogP contribution in [0.15, 0.2) is 29.6 Å². The summed E-state index contributed by atoms with van der Waals surface area (Å²) in [6.07, 6.45) is 0.391. The van der Waals surface area contributed by atoms with E-state index in [9.17, 15) is 14.0 Å². The lowest BCUT2D eigenvalue weighted by Crippen LogP contribution is -2.17. The smallest absolute Gasteiger partial charge is 0.367 e. The standard InChI is InChI=1S/C17H18FNO4S/c1-3-22-17(21)15-19-14(10-24-15)9-23-16(20)11(2)7-12-5-4-6-13(18)8-12/h4-6,8,10-11H,3,7,9H2,1-2H3. The molecule has 0 radical (unpaired) electrons. The molecule has 1 aromatic heterocycles. The number of ether oxygens (including phenoxy) is 2. The van der Waals surface area contributed by atoms with Gasteiger partial charge in [0.1, 0.15) is 12.4 Å². The van der Waals surface area contributed by atoms with E-state index in [1.165, 1.54) is 12.1 Å². The highest BCUT2D eigenvalue weighted by Gasteiger charge is 2.17. The van der Waals surface area contributed by atoms with Crippen LogP contribution in [0.25, 0.3) is 0 Å². The van der Waals surface area contributed by atoms with Crippen molar-refractivity contribution >= 4 is 23.3 Å². The molecule has 0 saturated heterocycles. The highest BCUT2D eigenvalue weighted by Crippen LogP contribution is 2.15. The third-order valence-electron chi connectivity index (χ3n) is 3.20. The summed E-state index contributed by atoms with van der Waals surface area (Å²) in [6, 6.07) is 6.12. The number of hydrogen-bond acceptors (Lipinski definition) is 6. The predicted octanol–water partition coefficient (Wildman–Crippen LogP) is 3.38. The number of carbonyl (C=O) groups excluding carboxylic acids is 2. The van der Waals surface area contributed by atoms with Gasteiger partial charge in [0.25, 0.3) is 0 Å². The number of nitrogens with zero attached hydrogens (tertiary/aromatic N) is 1. The van der Waals surface area contributed by atoms with Gasteiger partial charge in [0.05, 0.1) is 18.2 Å². The quantitative estimate of drug-likeness (QED) is 0.716. The van der Waals surface area contributed by atoms with Crippen molar-refractivity contribution in [3.05, 3.63) is 51.7 Å². The van der Waals surface area contributed by atoms with Crippen molar-refractivity contribution in [1.29, 1.82) is 0 Å². The molecule has 2 aromatic rings. The van der Waals surface area contributed by atoms with E-state index in [2.05, 4.69) is 4.98 Å². The van der Waals surface area contributed by atoms with Gasteiger partial charge in [-0.25, -0.2) is 14.2 Å². The molecule has 0 saturated carbocycles. The molecule has 0 amide bonds. The van der Waals surface area contributed by atoms with Crippen LogP contribution in [0, 0.1) is 11.7 Å². The maximum Gasteiger partial charge on any atom is 0.367 e. The van der Waals surface area contributed by atoms with Gasteiger partial charge in [0.2, 0.25) is 5.01 Å². The fourth-order valence-corrected chi connectivity index (χ4v) is 2.74. The normalized spacial score (nSPS) is 11.8. The number of hydrogen-bond donors (Lipinski definition) is 0. The van der Waals surface area contributed by atoms with Crippen molar-refractivity contribution in [2.45, 2.75) is 26.9 Å². The molecule has 0 spiro atoms. The van der Waals surface area contributed by atoms with E-state index in [0.717, 1.165) is 16.9 Å². The minimum absolute atomic E-state index is 0.0117. The predicted molar refractivity (Wildman–Crippen MR) is 87.1 cm³/mol. The number of carbonyl (C=O) groups is 2. The molecule has 0 aliphatic heterocycles. The fourth-order valence-electron chi connectivity index (χ4n) is 2.05. The second-order valence-corrected chi connectivity index (χ2v) is 6.07. The van der Waals surface area contributed by atoms with Crippen molar-refractivity contribution in [3.63, 3.8) is 0 Å². The Morgan fingerprint density at radius 1 is 1.33 bits per heavy atom. The third kappa shape index (κ3) is 5.13. The van der Waals surface area contributed by atoms with Crippen LogP contribution < -0.4 is 0 Å². The molecule has 7 heteroatoms. The molecule has 5 nitrogen and oxygen atoms in total. The number of thiazole rings is 1. The van der Waals surface area contributed by atoms with Crippen molar-refractivity contribution in [2.24, 2.45) is 5.92 Å². The molecule has 1 heterocycles. The zero-order chi connectivity index (χ0) is 17.5. The van der Waals surface area contributed by atoms with Crippen molar-refractivity contribution in [1.82, 2.24) is 4.98 Å². The van der Waals surface area contributed by atoms with Crippen molar-refractivity contribution in [2.75, 3.05) is 6.61 Å². The molecule has 0 bridgehead atoms. The Labute approximate surface area is 143 Å². The van der Waals surface area contributed by atoms with Crippen LogP contribution >= 0.6 is 11.3 Å². The first kappa shape index (κ1) is 18.1. The topological polar surface area (TPSA) is 65.5 Å². The molecule has 0 N–H and O–H groups in total. The Hall–Kier alpha value is -2.28. The highest BCUT2D eigenvalue weighted by molar-refractivity contribution is 7.11. The van der Waals surface area contributed by atoms with Crippen LogP contribution in [0.2, 0.25) is 0 Å². The van der Waals surface area contributed by atoms with E-state index < -0.39 is 17.9 Å². The van der Waals surface area contributed by atoms with E-state index in [-0.39, 0.29) is 24.0 Å². The Morgan fingerprint density at radius 2 is 2.12 bits per heavy atom. The zero-order valence-electron chi connectivity index (χ0n) is 13.5. The lowest BCUT2D eigenvalue weighted by molar-refractivity contribution is -0.149. The maximum atomic E-state index is 13.1. The molecule has 1 unspecified atom stereocenters. The number of rotatable bonds is 7. The van der Waals surface area contributed by atoms with Gasteiger partial charge in [-0.1, -0.05) is 19.1 Å². The number of benzene rings is 1. The van der Waals surface area contributed by atoms with E-state index >= 15 is 0 Å². The molecule has 0 fully saturated rings. The van der Waals surface area contributed by atoms with Crippen LogP contribution in [0.5, 0.6) is 0 Å². The highest BCUT2D eigenvalue weighted by atomic mass is 32.1. The first-order valence-electron chi connectivity index (χ1n) is 7.52. The maximum absolute atomic E-state index is 13.1. The van der Waals surface area contributed by atoms with Crippen LogP contribution in [-0.2, 0) is 27.3 Å². The van der Waals surface area contributed by atoms with E-state index in [0.29, 0.717) is 12.1 Å². The zero-order valence-corrected chi connectivity index (χ0v) is 14.3. The van der Waals surface area contributed by atoms with Gasteiger partial charge in [0.15, 0.2) is 0 Å². The van der Waals surface area contributed by atoms with E-state index in [4.69, 9.17) is 9.47 Å². The Kier molecular flexibility index (Phi) is 6.43. The lowest BCUT2D eigenvalue weighted by atomic mass is 10.0. The number of aromatic nitrogens is 1. The monoisotopic (exact) mass is 351 g/mol. The summed E-state index contributed by atoms with van der Waals surface area (Å²) in [4.78, 5) is 27.6. The van der Waals surface area contributed by atoms with Crippen molar-refractivity contribution in [3.8, 4) is 0 Å². The molecule has 128 valence electrons. The SMILES string of the molecule is CCOC(=O)c1nc(COC(=O)C(C)Cc2cccc(F)c2)cs1. The van der Waals surface area contributed by atoms with Gasteiger partial charge in [-0.15, -0.1) is 11.3 Å². The first-order valence-corrected chi connectivity index (χ1v) is 8.40. The van der Waals surface area contributed by atoms with Crippen LogP contribution in [0.1, 0.15) is 34.9 Å². The van der Waals surface area contributed by atoms with E-state index in [1.54, 1.807) is 31.4 Å². The minimum Gasteiger partial charge on any atom is -0.461 e. The summed E-state index contributed by atoms with van der Waals surface area (Å²) in [5, 5.41) is 1.88. The fraction of sp³-hybridized carbons (Fsp3) is 0.353. The summed E-state index contributed by atoms with van der Waals surface area (Å²) in [5.41, 5.74) is 1.23. The molecule has 0 aliphatic rings. The second-order valence-electron chi connectivity index (χ2n) is 5.21. The lowest BCUT2D eigenvalue weighted by Gasteiger charge is -2.11. The minimum atomic E-state index is -0.487. The van der Waals surface area contributed by atoms with Gasteiger partial charge in [0, 0.05) is 5.38 Å². The van der Waals surface area contributed by atoms with Gasteiger partial charge < -0.3 is 9.47 Å². The van der Waals surface area contributed by atoms with Gasteiger partial charge in [-0.2, -0.15) is 0 Å².